The first kappa shape index (κ1) is 16.5. The second-order valence-electron chi connectivity index (χ2n) is 8.03. The Balaban J connectivity index is 1.24. The fourth-order valence-electron chi connectivity index (χ4n) is 4.86. The van der Waals surface area contributed by atoms with Crippen LogP contribution in [-0.2, 0) is 30.5 Å². The number of amides is 1. The van der Waals surface area contributed by atoms with Gasteiger partial charge in [0.1, 0.15) is 5.82 Å². The number of aryl methyl sites for hydroxylation is 1. The first-order chi connectivity index (χ1) is 13.2. The largest absolute Gasteiger partial charge is 0.358 e. The molecule has 4 heteroatoms. The zero-order valence-corrected chi connectivity index (χ0v) is 15.2. The number of hydrogen-bond acceptors (Lipinski definition) is 1. The number of H-pyrrole nitrogens is 1. The van der Waals surface area contributed by atoms with E-state index in [0.717, 1.165) is 48.6 Å². The minimum Gasteiger partial charge on any atom is -0.358 e. The number of hydrogen-bond donors (Lipinski definition) is 2. The highest BCUT2D eigenvalue weighted by molar-refractivity contribution is 5.85. The molecule has 1 unspecified atom stereocenters. The number of benzene rings is 2. The number of halogens is 1. The standard InChI is InChI=1S/C23H23FN2O/c24-17-5-7-21-19(12-17)20-13-18(6-8-22(20)26-21)25-23(27)11-14-9-15-3-1-2-4-16(15)10-14/h1-5,7,12,14,18,26H,6,8-11,13H2,(H,25,27). The second kappa shape index (κ2) is 6.52. The molecule has 0 fully saturated rings. The summed E-state index contributed by atoms with van der Waals surface area (Å²) in [6.45, 7) is 0. The highest BCUT2D eigenvalue weighted by Gasteiger charge is 2.27. The van der Waals surface area contributed by atoms with Crippen molar-refractivity contribution in [1.29, 1.82) is 0 Å². The van der Waals surface area contributed by atoms with E-state index in [2.05, 4.69) is 34.6 Å². The molecule has 138 valence electrons. The van der Waals surface area contributed by atoms with Crippen LogP contribution in [-0.4, -0.2) is 16.9 Å². The van der Waals surface area contributed by atoms with Crippen LogP contribution < -0.4 is 5.32 Å². The van der Waals surface area contributed by atoms with E-state index in [1.165, 1.54) is 22.9 Å². The Morgan fingerprint density at radius 2 is 1.89 bits per heavy atom. The Bertz CT molecular complexity index is 997. The first-order valence-corrected chi connectivity index (χ1v) is 9.81. The third kappa shape index (κ3) is 3.14. The van der Waals surface area contributed by atoms with Gasteiger partial charge in [0.2, 0.25) is 5.91 Å². The Labute approximate surface area is 158 Å². The highest BCUT2D eigenvalue weighted by atomic mass is 19.1. The van der Waals surface area contributed by atoms with Crippen LogP contribution in [0.5, 0.6) is 0 Å². The summed E-state index contributed by atoms with van der Waals surface area (Å²) in [7, 11) is 0. The van der Waals surface area contributed by atoms with Gasteiger partial charge in [-0.25, -0.2) is 4.39 Å². The third-order valence-corrected chi connectivity index (χ3v) is 6.12. The van der Waals surface area contributed by atoms with E-state index in [0.29, 0.717) is 12.3 Å². The maximum Gasteiger partial charge on any atom is 0.220 e. The molecule has 1 heterocycles. The van der Waals surface area contributed by atoms with Crippen molar-refractivity contribution in [2.75, 3.05) is 0 Å². The van der Waals surface area contributed by atoms with Crippen LogP contribution in [0.2, 0.25) is 0 Å². The van der Waals surface area contributed by atoms with Gasteiger partial charge in [-0.3, -0.25) is 4.79 Å². The smallest absolute Gasteiger partial charge is 0.220 e. The molecule has 27 heavy (non-hydrogen) atoms. The summed E-state index contributed by atoms with van der Waals surface area (Å²) in [4.78, 5) is 16.0. The van der Waals surface area contributed by atoms with Gasteiger partial charge >= 0.3 is 0 Å². The van der Waals surface area contributed by atoms with Crippen LogP contribution in [0.25, 0.3) is 10.9 Å². The molecule has 0 bridgehead atoms. The number of nitrogens with one attached hydrogen (secondary N) is 2. The zero-order valence-electron chi connectivity index (χ0n) is 15.2. The topological polar surface area (TPSA) is 44.9 Å². The predicted molar refractivity (Wildman–Crippen MR) is 104 cm³/mol. The molecular weight excluding hydrogens is 339 g/mol. The number of rotatable bonds is 3. The lowest BCUT2D eigenvalue weighted by Crippen LogP contribution is -2.39. The SMILES string of the molecule is O=C(CC1Cc2ccccc2C1)NC1CCc2[nH]c3ccc(F)cc3c2C1. The van der Waals surface area contributed by atoms with Crippen molar-refractivity contribution in [1.82, 2.24) is 10.3 Å². The van der Waals surface area contributed by atoms with Gasteiger partial charge in [-0.2, -0.15) is 0 Å². The molecule has 1 aromatic heterocycles. The lowest BCUT2D eigenvalue weighted by Gasteiger charge is -2.24. The van der Waals surface area contributed by atoms with Crippen LogP contribution in [0, 0.1) is 11.7 Å². The van der Waals surface area contributed by atoms with E-state index in [1.807, 2.05) is 0 Å². The van der Waals surface area contributed by atoms with E-state index in [-0.39, 0.29) is 17.8 Å². The molecule has 0 spiro atoms. The van der Waals surface area contributed by atoms with Crippen molar-refractivity contribution >= 4 is 16.8 Å². The molecule has 0 saturated heterocycles. The maximum atomic E-state index is 13.6. The van der Waals surface area contributed by atoms with Gasteiger partial charge < -0.3 is 10.3 Å². The quantitative estimate of drug-likeness (QED) is 0.724. The first-order valence-electron chi connectivity index (χ1n) is 9.81. The summed E-state index contributed by atoms with van der Waals surface area (Å²) in [6.07, 6.45) is 5.18. The summed E-state index contributed by atoms with van der Waals surface area (Å²) < 4.78 is 13.6. The normalized spacial score (nSPS) is 19.1. The van der Waals surface area contributed by atoms with E-state index in [1.54, 1.807) is 12.1 Å². The van der Waals surface area contributed by atoms with Crippen LogP contribution in [0.15, 0.2) is 42.5 Å². The molecule has 5 rings (SSSR count). The summed E-state index contributed by atoms with van der Waals surface area (Å²) >= 11 is 0. The molecular formula is C23H23FN2O. The number of carbonyl (C=O) groups is 1. The average molecular weight is 362 g/mol. The van der Waals surface area contributed by atoms with Crippen LogP contribution >= 0.6 is 0 Å². The molecule has 2 aromatic carbocycles. The molecule has 2 N–H and O–H groups in total. The number of aromatic amines is 1. The maximum absolute atomic E-state index is 13.6. The number of carbonyl (C=O) groups excluding carboxylic acids is 1. The van der Waals surface area contributed by atoms with E-state index >= 15 is 0 Å². The van der Waals surface area contributed by atoms with Crippen molar-refractivity contribution in [3.05, 3.63) is 70.7 Å². The third-order valence-electron chi connectivity index (χ3n) is 6.12. The van der Waals surface area contributed by atoms with Crippen LogP contribution in [0.1, 0.15) is 35.2 Å². The van der Waals surface area contributed by atoms with Crippen molar-refractivity contribution in [2.45, 2.75) is 44.6 Å². The van der Waals surface area contributed by atoms with Crippen LogP contribution in [0.4, 0.5) is 4.39 Å². The summed E-state index contributed by atoms with van der Waals surface area (Å²) in [6, 6.07) is 13.5. The van der Waals surface area contributed by atoms with Gasteiger partial charge in [0.15, 0.2) is 0 Å². The van der Waals surface area contributed by atoms with Gasteiger partial charge in [-0.1, -0.05) is 24.3 Å². The molecule has 2 aliphatic rings. The molecule has 3 aromatic rings. The predicted octanol–water partition coefficient (Wildman–Crippen LogP) is 4.09. The lowest BCUT2D eigenvalue weighted by molar-refractivity contribution is -0.122. The zero-order chi connectivity index (χ0) is 18.4. The van der Waals surface area contributed by atoms with Crippen molar-refractivity contribution < 1.29 is 9.18 Å². The number of aromatic nitrogens is 1. The van der Waals surface area contributed by atoms with E-state index in [4.69, 9.17) is 0 Å². The fourth-order valence-corrected chi connectivity index (χ4v) is 4.86. The van der Waals surface area contributed by atoms with Gasteiger partial charge in [0.25, 0.3) is 0 Å². The minimum absolute atomic E-state index is 0.135. The Hall–Kier alpha value is -2.62. The van der Waals surface area contributed by atoms with Gasteiger partial charge in [-0.05, 0) is 72.9 Å². The van der Waals surface area contributed by atoms with E-state index in [9.17, 15) is 9.18 Å². The van der Waals surface area contributed by atoms with Gasteiger partial charge in [-0.15, -0.1) is 0 Å². The summed E-state index contributed by atoms with van der Waals surface area (Å²) in [5, 5.41) is 4.19. The summed E-state index contributed by atoms with van der Waals surface area (Å²) in [5.74, 6) is 0.340. The van der Waals surface area contributed by atoms with Crippen molar-refractivity contribution in [3.63, 3.8) is 0 Å². The average Bonchev–Trinajstić information content (AvgIpc) is 3.21. The second-order valence-corrected chi connectivity index (χ2v) is 8.03. The molecule has 2 aliphatic carbocycles. The molecule has 1 atom stereocenters. The van der Waals surface area contributed by atoms with Crippen LogP contribution in [0.3, 0.4) is 0 Å². The Morgan fingerprint density at radius 3 is 2.67 bits per heavy atom. The highest BCUT2D eigenvalue weighted by Crippen LogP contribution is 2.31. The van der Waals surface area contributed by atoms with Crippen molar-refractivity contribution in [3.8, 4) is 0 Å². The monoisotopic (exact) mass is 362 g/mol. The fraction of sp³-hybridized carbons (Fsp3) is 0.348. The Morgan fingerprint density at radius 1 is 1.11 bits per heavy atom. The molecule has 1 amide bonds. The Kier molecular flexibility index (Phi) is 4.00. The summed E-state index contributed by atoms with van der Waals surface area (Å²) in [5.41, 5.74) is 6.11. The number of fused-ring (bicyclic) bond motifs is 4. The van der Waals surface area contributed by atoms with Crippen molar-refractivity contribution in [2.24, 2.45) is 5.92 Å². The molecule has 0 aliphatic heterocycles. The minimum atomic E-state index is -0.212. The lowest BCUT2D eigenvalue weighted by atomic mass is 9.91. The van der Waals surface area contributed by atoms with E-state index < -0.39 is 0 Å². The molecule has 0 saturated carbocycles. The van der Waals surface area contributed by atoms with Gasteiger partial charge in [0, 0.05) is 29.1 Å². The van der Waals surface area contributed by atoms with Gasteiger partial charge in [0.05, 0.1) is 0 Å². The molecule has 0 radical (unpaired) electrons. The molecule has 3 nitrogen and oxygen atoms in total.